The summed E-state index contributed by atoms with van der Waals surface area (Å²) in [5.74, 6) is 0.730. The molecule has 1 unspecified atom stereocenters. The van der Waals surface area contributed by atoms with E-state index in [1.807, 2.05) is 13.0 Å². The SMILES string of the molecule is Cc1nc2cc(NC3CCCC(C)(C)CC3)ccc2o1. The van der Waals surface area contributed by atoms with Crippen LogP contribution >= 0.6 is 0 Å². The molecule has 1 heterocycles. The highest BCUT2D eigenvalue weighted by molar-refractivity contribution is 5.77. The maximum atomic E-state index is 5.52. The lowest BCUT2D eigenvalue weighted by Crippen LogP contribution is -2.19. The lowest BCUT2D eigenvalue weighted by Gasteiger charge is -2.22. The van der Waals surface area contributed by atoms with E-state index in [9.17, 15) is 0 Å². The van der Waals surface area contributed by atoms with Crippen molar-refractivity contribution < 1.29 is 4.42 Å². The van der Waals surface area contributed by atoms with Crippen LogP contribution in [0.4, 0.5) is 5.69 Å². The Balaban J connectivity index is 1.72. The molecule has 0 saturated heterocycles. The quantitative estimate of drug-likeness (QED) is 0.790. The van der Waals surface area contributed by atoms with Crippen molar-refractivity contribution in [1.82, 2.24) is 4.98 Å². The number of benzene rings is 1. The molecule has 0 bridgehead atoms. The van der Waals surface area contributed by atoms with Crippen molar-refractivity contribution in [1.29, 1.82) is 0 Å². The summed E-state index contributed by atoms with van der Waals surface area (Å²) in [5.41, 5.74) is 3.48. The van der Waals surface area contributed by atoms with E-state index in [1.54, 1.807) is 0 Å². The Hall–Kier alpha value is -1.51. The molecule has 2 aromatic rings. The standard InChI is InChI=1S/C17H24N2O/c1-12-18-15-11-14(6-7-16(15)20-12)19-13-5-4-9-17(2,3)10-8-13/h6-7,11,13,19H,4-5,8-10H2,1-3H3. The second-order valence-electron chi connectivity index (χ2n) is 6.85. The number of hydrogen-bond acceptors (Lipinski definition) is 3. The molecule has 0 aliphatic heterocycles. The third kappa shape index (κ3) is 2.97. The van der Waals surface area contributed by atoms with E-state index >= 15 is 0 Å². The zero-order chi connectivity index (χ0) is 14.2. The van der Waals surface area contributed by atoms with Crippen LogP contribution in [0, 0.1) is 12.3 Å². The minimum absolute atomic E-state index is 0.504. The van der Waals surface area contributed by atoms with Crippen LogP contribution in [-0.4, -0.2) is 11.0 Å². The lowest BCUT2D eigenvalue weighted by atomic mass is 9.85. The summed E-state index contributed by atoms with van der Waals surface area (Å²) in [6.07, 6.45) is 6.47. The van der Waals surface area contributed by atoms with Gasteiger partial charge in [0, 0.05) is 18.7 Å². The molecule has 3 nitrogen and oxygen atoms in total. The normalized spacial score (nSPS) is 22.6. The van der Waals surface area contributed by atoms with E-state index in [2.05, 4.69) is 36.3 Å². The molecular weight excluding hydrogens is 248 g/mol. The largest absolute Gasteiger partial charge is 0.441 e. The molecule has 20 heavy (non-hydrogen) atoms. The number of nitrogens with one attached hydrogen (secondary N) is 1. The number of anilines is 1. The van der Waals surface area contributed by atoms with Gasteiger partial charge in [-0.3, -0.25) is 0 Å². The highest BCUT2D eigenvalue weighted by Crippen LogP contribution is 2.34. The summed E-state index contributed by atoms with van der Waals surface area (Å²) in [7, 11) is 0. The van der Waals surface area contributed by atoms with Gasteiger partial charge in [-0.2, -0.15) is 0 Å². The summed E-state index contributed by atoms with van der Waals surface area (Å²) in [6, 6.07) is 6.80. The fraction of sp³-hybridized carbons (Fsp3) is 0.588. The Morgan fingerprint density at radius 2 is 2.10 bits per heavy atom. The summed E-state index contributed by atoms with van der Waals surface area (Å²) in [6.45, 7) is 6.67. The van der Waals surface area contributed by atoms with Gasteiger partial charge in [-0.25, -0.2) is 4.98 Å². The predicted octanol–water partition coefficient (Wildman–Crippen LogP) is 4.91. The molecule has 1 saturated carbocycles. The van der Waals surface area contributed by atoms with Crippen LogP contribution in [0.2, 0.25) is 0 Å². The molecule has 0 amide bonds. The number of aryl methyl sites for hydroxylation is 1. The van der Waals surface area contributed by atoms with Crippen LogP contribution in [0.1, 0.15) is 51.8 Å². The van der Waals surface area contributed by atoms with Gasteiger partial charge in [0.15, 0.2) is 11.5 Å². The van der Waals surface area contributed by atoms with Crippen LogP contribution < -0.4 is 5.32 Å². The maximum Gasteiger partial charge on any atom is 0.192 e. The summed E-state index contributed by atoms with van der Waals surface area (Å²) >= 11 is 0. The van der Waals surface area contributed by atoms with Gasteiger partial charge in [0.1, 0.15) is 5.52 Å². The van der Waals surface area contributed by atoms with Gasteiger partial charge in [-0.1, -0.05) is 20.3 Å². The van der Waals surface area contributed by atoms with Gasteiger partial charge in [0.05, 0.1) is 0 Å². The second-order valence-corrected chi connectivity index (χ2v) is 6.85. The van der Waals surface area contributed by atoms with E-state index in [0.717, 1.165) is 22.7 Å². The number of fused-ring (bicyclic) bond motifs is 1. The minimum Gasteiger partial charge on any atom is -0.441 e. The molecule has 0 spiro atoms. The molecule has 1 aliphatic rings. The summed E-state index contributed by atoms with van der Waals surface area (Å²) < 4.78 is 5.52. The van der Waals surface area contributed by atoms with Crippen LogP contribution in [-0.2, 0) is 0 Å². The Bertz CT molecular complexity index is 600. The van der Waals surface area contributed by atoms with Crippen molar-refractivity contribution in [3.8, 4) is 0 Å². The highest BCUT2D eigenvalue weighted by atomic mass is 16.3. The highest BCUT2D eigenvalue weighted by Gasteiger charge is 2.24. The maximum absolute atomic E-state index is 5.52. The third-order valence-corrected chi connectivity index (χ3v) is 4.44. The molecule has 1 atom stereocenters. The first-order valence-corrected chi connectivity index (χ1v) is 7.66. The fourth-order valence-corrected chi connectivity index (χ4v) is 3.17. The van der Waals surface area contributed by atoms with Gasteiger partial charge in [-0.05, 0) is 49.3 Å². The molecule has 1 N–H and O–H groups in total. The first kappa shape index (κ1) is 13.5. The van der Waals surface area contributed by atoms with Crippen LogP contribution in [0.3, 0.4) is 0 Å². The van der Waals surface area contributed by atoms with E-state index in [4.69, 9.17) is 4.42 Å². The van der Waals surface area contributed by atoms with Crippen LogP contribution in [0.15, 0.2) is 22.6 Å². The minimum atomic E-state index is 0.504. The molecule has 0 radical (unpaired) electrons. The Kier molecular flexibility index (Phi) is 3.45. The molecular formula is C17H24N2O. The van der Waals surface area contributed by atoms with Crippen molar-refractivity contribution in [2.45, 2.75) is 58.9 Å². The first-order valence-electron chi connectivity index (χ1n) is 7.66. The average molecular weight is 272 g/mol. The predicted molar refractivity (Wildman–Crippen MR) is 83.0 cm³/mol. The van der Waals surface area contributed by atoms with Crippen molar-refractivity contribution in [3.63, 3.8) is 0 Å². The van der Waals surface area contributed by atoms with Crippen molar-refractivity contribution in [3.05, 3.63) is 24.1 Å². The monoisotopic (exact) mass is 272 g/mol. The zero-order valence-corrected chi connectivity index (χ0v) is 12.7. The zero-order valence-electron chi connectivity index (χ0n) is 12.7. The molecule has 1 aromatic carbocycles. The van der Waals surface area contributed by atoms with Crippen molar-refractivity contribution >= 4 is 16.8 Å². The molecule has 1 fully saturated rings. The van der Waals surface area contributed by atoms with E-state index < -0.39 is 0 Å². The molecule has 3 heteroatoms. The van der Waals surface area contributed by atoms with E-state index in [0.29, 0.717) is 11.5 Å². The number of hydrogen-bond donors (Lipinski definition) is 1. The molecule has 1 aliphatic carbocycles. The Morgan fingerprint density at radius 3 is 2.95 bits per heavy atom. The van der Waals surface area contributed by atoms with E-state index in [1.165, 1.54) is 32.1 Å². The first-order chi connectivity index (χ1) is 9.52. The van der Waals surface area contributed by atoms with Gasteiger partial charge in [0.25, 0.3) is 0 Å². The lowest BCUT2D eigenvalue weighted by molar-refractivity contribution is 0.313. The van der Waals surface area contributed by atoms with Crippen molar-refractivity contribution in [2.24, 2.45) is 5.41 Å². The van der Waals surface area contributed by atoms with Gasteiger partial charge in [0.2, 0.25) is 0 Å². The number of nitrogens with zero attached hydrogens (tertiary/aromatic N) is 1. The second kappa shape index (κ2) is 5.12. The Morgan fingerprint density at radius 1 is 1.25 bits per heavy atom. The molecule has 108 valence electrons. The molecule has 1 aromatic heterocycles. The van der Waals surface area contributed by atoms with Gasteiger partial charge >= 0.3 is 0 Å². The number of oxazole rings is 1. The number of rotatable bonds is 2. The van der Waals surface area contributed by atoms with Crippen molar-refractivity contribution in [2.75, 3.05) is 5.32 Å². The van der Waals surface area contributed by atoms with E-state index in [-0.39, 0.29) is 0 Å². The van der Waals surface area contributed by atoms with Gasteiger partial charge < -0.3 is 9.73 Å². The summed E-state index contributed by atoms with van der Waals surface area (Å²) in [5, 5.41) is 3.68. The Labute approximate surface area is 120 Å². The van der Waals surface area contributed by atoms with Crippen LogP contribution in [0.25, 0.3) is 11.1 Å². The smallest absolute Gasteiger partial charge is 0.192 e. The van der Waals surface area contributed by atoms with Crippen LogP contribution in [0.5, 0.6) is 0 Å². The average Bonchev–Trinajstić information content (AvgIpc) is 2.66. The van der Waals surface area contributed by atoms with Gasteiger partial charge in [-0.15, -0.1) is 0 Å². The third-order valence-electron chi connectivity index (χ3n) is 4.44. The molecule has 3 rings (SSSR count). The summed E-state index contributed by atoms with van der Waals surface area (Å²) in [4.78, 5) is 4.40. The number of aromatic nitrogens is 1. The fourth-order valence-electron chi connectivity index (χ4n) is 3.17. The topological polar surface area (TPSA) is 38.1 Å².